The summed E-state index contributed by atoms with van der Waals surface area (Å²) in [5.74, 6) is 0. The minimum Gasteiger partial charge on any atom is -0.310 e. The van der Waals surface area contributed by atoms with Gasteiger partial charge in [-0.3, -0.25) is 0 Å². The maximum Gasteiger partial charge on any atom is 0.0979 e. The van der Waals surface area contributed by atoms with Gasteiger partial charge in [0.2, 0.25) is 0 Å². The molecule has 0 bridgehead atoms. The van der Waals surface area contributed by atoms with Crippen molar-refractivity contribution in [1.82, 2.24) is 19.1 Å². The molecule has 6 nitrogen and oxygen atoms in total. The molecule has 3 heterocycles. The summed E-state index contributed by atoms with van der Waals surface area (Å²) in [5.41, 5.74) is 26.8. The van der Waals surface area contributed by atoms with E-state index in [2.05, 4.69) is 395 Å². The molecule has 0 aliphatic heterocycles. The number of anilines is 6. The Hall–Kier alpha value is -13.2. The second-order valence-electron chi connectivity index (χ2n) is 24.9. The molecule has 3 aromatic heterocycles. The Balaban J connectivity index is 0.826. The first-order valence-corrected chi connectivity index (χ1v) is 33.4. The minimum absolute atomic E-state index is 0.772. The number of nitrogens with zero attached hydrogens (tertiary/aromatic N) is 6. The van der Waals surface area contributed by atoms with Crippen LogP contribution in [-0.2, 0) is 0 Å². The second-order valence-corrected chi connectivity index (χ2v) is 24.9. The third-order valence-corrected chi connectivity index (χ3v) is 19.1. The lowest BCUT2D eigenvalue weighted by Crippen LogP contribution is -2.10. The molecule has 0 radical (unpaired) electrons. The van der Waals surface area contributed by atoms with Crippen LogP contribution in [0.25, 0.3) is 133 Å². The van der Waals surface area contributed by atoms with Crippen molar-refractivity contribution in [2.45, 2.75) is 0 Å². The Morgan fingerprint density at radius 3 is 0.898 bits per heavy atom. The summed E-state index contributed by atoms with van der Waals surface area (Å²) < 4.78 is 4.74. The summed E-state index contributed by atoms with van der Waals surface area (Å²) in [6.45, 7) is 0. The number of benzene rings is 15. The predicted molar refractivity (Wildman–Crippen MR) is 410 cm³/mol. The maximum atomic E-state index is 5.99. The summed E-state index contributed by atoms with van der Waals surface area (Å²) in [4.78, 5) is 16.7. The van der Waals surface area contributed by atoms with Gasteiger partial charge in [-0.05, 0) is 167 Å². The Bertz CT molecular complexity index is 5580. The van der Waals surface area contributed by atoms with Gasteiger partial charge in [-0.1, -0.05) is 243 Å². The van der Waals surface area contributed by atoms with E-state index < -0.39 is 0 Å². The van der Waals surface area contributed by atoms with Gasteiger partial charge >= 0.3 is 0 Å². The molecule has 0 unspecified atom stereocenters. The molecule has 0 saturated carbocycles. The second kappa shape index (κ2) is 24.6. The lowest BCUT2D eigenvalue weighted by molar-refractivity contribution is 1.18. The number of hydrogen-bond acceptors (Lipinski definition) is 4. The topological polar surface area (TPSA) is 42.1 Å². The summed E-state index contributed by atoms with van der Waals surface area (Å²) in [6, 6.07) is 135. The van der Waals surface area contributed by atoms with E-state index in [4.69, 9.17) is 9.97 Å². The highest BCUT2D eigenvalue weighted by molar-refractivity contribution is 6.12. The molecule has 98 heavy (non-hydrogen) atoms. The fraction of sp³-hybridized carbons (Fsp3) is 0. The molecule has 18 aromatic rings. The van der Waals surface area contributed by atoms with Gasteiger partial charge in [0.15, 0.2) is 0 Å². The van der Waals surface area contributed by atoms with Gasteiger partial charge in [0.05, 0.1) is 44.5 Å². The van der Waals surface area contributed by atoms with Crippen LogP contribution in [-0.4, -0.2) is 19.1 Å². The number of para-hydroxylation sites is 6. The average molecular weight is 1250 g/mol. The van der Waals surface area contributed by atoms with Crippen molar-refractivity contribution in [2.24, 2.45) is 0 Å². The molecule has 0 aliphatic carbocycles. The van der Waals surface area contributed by atoms with Gasteiger partial charge in [-0.15, -0.1) is 0 Å². The summed E-state index contributed by atoms with van der Waals surface area (Å²) in [5, 5.41) is 4.75. The van der Waals surface area contributed by atoms with Gasteiger partial charge < -0.3 is 18.9 Å². The highest BCUT2D eigenvalue weighted by Crippen LogP contribution is 2.46. The van der Waals surface area contributed by atoms with E-state index >= 15 is 0 Å². The minimum atomic E-state index is 0.772. The molecule has 0 saturated heterocycles. The molecule has 0 amide bonds. The monoisotopic (exact) mass is 1250 g/mol. The van der Waals surface area contributed by atoms with Crippen LogP contribution in [0.15, 0.2) is 376 Å². The van der Waals surface area contributed by atoms with E-state index in [0.717, 1.165) is 135 Å². The van der Waals surface area contributed by atoms with Crippen molar-refractivity contribution in [3.63, 3.8) is 0 Å². The first-order chi connectivity index (χ1) is 48.6. The molecular weight excluding hydrogens is 1190 g/mol. The first-order valence-electron chi connectivity index (χ1n) is 33.4. The summed E-state index contributed by atoms with van der Waals surface area (Å²) in [6.07, 6.45) is 0. The SMILES string of the molecule is c1ccc(-c2cccc(-c3ccc(-c4cccc(-c5ccccc5)c4)c4nc(-c5ccc(N(c6ccccc6)c6ccc7c(c6)c6ccccc6n7-c6ccccc6)cc5)c(-c5ccc(N(c6ccccc6)c6ccc7c(c6)c6ccccc6n7-c6ccccc6)cc5)nc34)c2)cc1. The maximum absolute atomic E-state index is 5.99. The Morgan fingerprint density at radius 2 is 0.500 bits per heavy atom. The lowest BCUT2D eigenvalue weighted by atomic mass is 9.93. The van der Waals surface area contributed by atoms with Crippen molar-refractivity contribution in [3.05, 3.63) is 376 Å². The van der Waals surface area contributed by atoms with Crippen LogP contribution < -0.4 is 9.80 Å². The van der Waals surface area contributed by atoms with Gasteiger partial charge in [0, 0.05) is 89.3 Å². The van der Waals surface area contributed by atoms with E-state index in [-0.39, 0.29) is 0 Å². The molecule has 0 fully saturated rings. The zero-order valence-electron chi connectivity index (χ0n) is 53.5. The van der Waals surface area contributed by atoms with E-state index in [9.17, 15) is 0 Å². The highest BCUT2D eigenvalue weighted by Gasteiger charge is 2.24. The highest BCUT2D eigenvalue weighted by atomic mass is 15.1. The van der Waals surface area contributed by atoms with E-state index in [1.807, 2.05) is 0 Å². The molecule has 15 aromatic carbocycles. The predicted octanol–water partition coefficient (Wildman–Crippen LogP) is 24.8. The summed E-state index contributed by atoms with van der Waals surface area (Å²) >= 11 is 0. The number of rotatable bonds is 14. The zero-order valence-corrected chi connectivity index (χ0v) is 53.5. The Kier molecular flexibility index (Phi) is 14.5. The van der Waals surface area contributed by atoms with Crippen LogP contribution in [0.1, 0.15) is 0 Å². The molecule has 460 valence electrons. The van der Waals surface area contributed by atoms with Crippen LogP contribution in [0.3, 0.4) is 0 Å². The molecule has 6 heteroatoms. The molecular formula is C92H62N6. The van der Waals surface area contributed by atoms with Crippen LogP contribution in [0.2, 0.25) is 0 Å². The quantitative estimate of drug-likeness (QED) is 0.109. The van der Waals surface area contributed by atoms with Crippen molar-refractivity contribution in [3.8, 4) is 78.4 Å². The lowest BCUT2D eigenvalue weighted by Gasteiger charge is -2.26. The van der Waals surface area contributed by atoms with Crippen molar-refractivity contribution < 1.29 is 0 Å². The zero-order chi connectivity index (χ0) is 64.9. The molecule has 18 rings (SSSR count). The summed E-state index contributed by atoms with van der Waals surface area (Å²) in [7, 11) is 0. The molecule has 0 spiro atoms. The third kappa shape index (κ3) is 10.3. The van der Waals surface area contributed by atoms with Crippen LogP contribution in [0, 0.1) is 0 Å². The fourth-order valence-corrected chi connectivity index (χ4v) is 14.5. The number of fused-ring (bicyclic) bond motifs is 7. The van der Waals surface area contributed by atoms with Crippen molar-refractivity contribution in [1.29, 1.82) is 0 Å². The van der Waals surface area contributed by atoms with Gasteiger partial charge in [0.1, 0.15) is 0 Å². The Morgan fingerprint density at radius 1 is 0.194 bits per heavy atom. The van der Waals surface area contributed by atoms with E-state index in [1.165, 1.54) is 32.6 Å². The largest absolute Gasteiger partial charge is 0.310 e. The molecule has 0 N–H and O–H groups in total. The van der Waals surface area contributed by atoms with E-state index in [1.54, 1.807) is 0 Å². The van der Waals surface area contributed by atoms with Crippen LogP contribution >= 0.6 is 0 Å². The van der Waals surface area contributed by atoms with Gasteiger partial charge in [0.25, 0.3) is 0 Å². The van der Waals surface area contributed by atoms with Crippen molar-refractivity contribution in [2.75, 3.05) is 9.80 Å². The van der Waals surface area contributed by atoms with Gasteiger partial charge in [-0.2, -0.15) is 0 Å². The van der Waals surface area contributed by atoms with Gasteiger partial charge in [-0.25, -0.2) is 9.97 Å². The van der Waals surface area contributed by atoms with Crippen LogP contribution in [0.5, 0.6) is 0 Å². The molecule has 0 aliphatic rings. The number of hydrogen-bond donors (Lipinski definition) is 0. The van der Waals surface area contributed by atoms with E-state index in [0.29, 0.717) is 0 Å². The van der Waals surface area contributed by atoms with Crippen molar-refractivity contribution >= 4 is 88.8 Å². The van der Waals surface area contributed by atoms with Crippen LogP contribution in [0.4, 0.5) is 34.1 Å². The molecule has 0 atom stereocenters. The third-order valence-electron chi connectivity index (χ3n) is 19.1. The first kappa shape index (κ1) is 57.5. The fourth-order valence-electron chi connectivity index (χ4n) is 14.5. The Labute approximate surface area is 568 Å². The average Bonchev–Trinajstić information content (AvgIpc) is 1.33. The smallest absolute Gasteiger partial charge is 0.0979 e. The normalized spacial score (nSPS) is 11.5. The standard InChI is InChI=1S/C92H62N6/c1-7-25-63(26-8-1)67-29-23-31-69(59-67)79-55-56-80(70-32-24-30-68(60-70)64-27-9-2-10-28-64)92-91(79)93-89(65-45-49-75(50-46-65)95(71-33-11-3-12-34-71)77-53-57-87-83(61-77)81-41-19-21-43-85(81)97(87)73-37-15-5-16-38-73)90(94-92)66-47-51-76(52-48-66)96(72-35-13-4-14-36-72)78-54-58-88-84(62-78)82-42-20-22-44-86(82)98(88)74-39-17-6-18-40-74/h1-62H. The number of aromatic nitrogens is 4.